The smallest absolute Gasteiger partial charge is 0.380 e. The molecule has 202 valence electrons. The van der Waals surface area contributed by atoms with Crippen molar-refractivity contribution in [2.45, 2.75) is 44.0 Å². The van der Waals surface area contributed by atoms with Crippen molar-refractivity contribution in [3.05, 3.63) is 107 Å². The van der Waals surface area contributed by atoms with Crippen LogP contribution in [0, 0.1) is 5.92 Å². The van der Waals surface area contributed by atoms with Crippen LogP contribution in [0.3, 0.4) is 0 Å². The standard InChI is InChI=1S/C29H28F3N5O2/c30-29(31,32)26-16-25(37(36-26)24-8-1-4-20(14-24)17-33)27(38)35-23-7-2-5-21(15-23)28(39,12-11-19-9-10-19)22-6-3-13-34-18-22/h1-8,13-16,18-19,39H,9-12,17,33H2,(H,35,38)/t28-/m1/s1. The monoisotopic (exact) mass is 535 g/mol. The second-order valence-corrected chi connectivity index (χ2v) is 9.82. The van der Waals surface area contributed by atoms with E-state index in [1.165, 1.54) is 0 Å². The predicted molar refractivity (Wildman–Crippen MR) is 140 cm³/mol. The molecule has 1 fully saturated rings. The maximum Gasteiger partial charge on any atom is 0.435 e. The van der Waals surface area contributed by atoms with Crippen molar-refractivity contribution in [2.75, 3.05) is 5.32 Å². The number of benzene rings is 2. The molecular formula is C29H28F3N5O2. The van der Waals surface area contributed by atoms with Gasteiger partial charge in [0.2, 0.25) is 0 Å². The molecule has 1 saturated carbocycles. The summed E-state index contributed by atoms with van der Waals surface area (Å²) in [7, 11) is 0. The number of hydrogen-bond acceptors (Lipinski definition) is 5. The van der Waals surface area contributed by atoms with Crippen LogP contribution in [-0.2, 0) is 18.3 Å². The van der Waals surface area contributed by atoms with E-state index in [4.69, 9.17) is 5.73 Å². The second-order valence-electron chi connectivity index (χ2n) is 9.82. The van der Waals surface area contributed by atoms with Gasteiger partial charge in [-0.2, -0.15) is 18.3 Å². The first-order chi connectivity index (χ1) is 18.7. The number of pyridine rings is 1. The first-order valence-corrected chi connectivity index (χ1v) is 12.7. The lowest BCUT2D eigenvalue weighted by Crippen LogP contribution is -2.28. The van der Waals surface area contributed by atoms with Crippen molar-refractivity contribution >= 4 is 11.6 Å². The van der Waals surface area contributed by atoms with Crippen LogP contribution >= 0.6 is 0 Å². The van der Waals surface area contributed by atoms with Crippen molar-refractivity contribution in [1.29, 1.82) is 0 Å². The second kappa shape index (κ2) is 10.6. The van der Waals surface area contributed by atoms with Crippen LogP contribution < -0.4 is 11.1 Å². The molecule has 0 radical (unpaired) electrons. The quantitative estimate of drug-likeness (QED) is 0.265. The average Bonchev–Trinajstić information content (AvgIpc) is 3.66. The molecule has 0 unspecified atom stereocenters. The summed E-state index contributed by atoms with van der Waals surface area (Å²) in [5, 5.41) is 18.2. The molecule has 4 aromatic rings. The zero-order valence-corrected chi connectivity index (χ0v) is 21.0. The molecule has 7 nitrogen and oxygen atoms in total. The number of anilines is 1. The van der Waals surface area contributed by atoms with Crippen molar-refractivity contribution in [3.8, 4) is 5.69 Å². The highest BCUT2D eigenvalue weighted by Crippen LogP contribution is 2.41. The number of carbonyl (C=O) groups is 1. The molecule has 4 N–H and O–H groups in total. The minimum atomic E-state index is -4.74. The molecule has 0 spiro atoms. The van der Waals surface area contributed by atoms with Gasteiger partial charge in [0.25, 0.3) is 5.91 Å². The van der Waals surface area contributed by atoms with Crippen LogP contribution in [-0.4, -0.2) is 25.8 Å². The molecule has 1 amide bonds. The fourth-order valence-corrected chi connectivity index (χ4v) is 4.62. The third-order valence-electron chi connectivity index (χ3n) is 6.97. The molecule has 1 atom stereocenters. The summed E-state index contributed by atoms with van der Waals surface area (Å²) in [5.41, 5.74) is 5.32. The Labute approximate surface area is 223 Å². The van der Waals surface area contributed by atoms with E-state index in [9.17, 15) is 23.1 Å². The molecule has 0 aliphatic heterocycles. The summed E-state index contributed by atoms with van der Waals surface area (Å²) in [6, 6.07) is 17.5. The lowest BCUT2D eigenvalue weighted by molar-refractivity contribution is -0.141. The predicted octanol–water partition coefficient (Wildman–Crippen LogP) is 5.42. The fourth-order valence-electron chi connectivity index (χ4n) is 4.62. The SMILES string of the molecule is NCc1cccc(-n2nc(C(F)(F)F)cc2C(=O)Nc2cccc([C@](O)(CCC3CC3)c3cccnc3)c2)c1. The molecule has 2 heterocycles. The first-order valence-electron chi connectivity index (χ1n) is 12.7. The topological polar surface area (TPSA) is 106 Å². The Morgan fingerprint density at radius 1 is 1.05 bits per heavy atom. The average molecular weight is 536 g/mol. The first kappa shape index (κ1) is 26.6. The van der Waals surface area contributed by atoms with Crippen LogP contribution in [0.4, 0.5) is 18.9 Å². The Morgan fingerprint density at radius 3 is 2.51 bits per heavy atom. The van der Waals surface area contributed by atoms with Gasteiger partial charge in [0.1, 0.15) is 11.3 Å². The summed E-state index contributed by atoms with van der Waals surface area (Å²) in [6.45, 7) is 0.177. The number of aromatic nitrogens is 3. The molecule has 10 heteroatoms. The number of nitrogens with two attached hydrogens (primary N) is 1. The molecule has 0 saturated heterocycles. The maximum absolute atomic E-state index is 13.6. The van der Waals surface area contributed by atoms with Gasteiger partial charge >= 0.3 is 6.18 Å². The molecule has 39 heavy (non-hydrogen) atoms. The maximum atomic E-state index is 13.6. The van der Waals surface area contributed by atoms with E-state index in [1.54, 1.807) is 73.1 Å². The highest BCUT2D eigenvalue weighted by molar-refractivity contribution is 6.03. The van der Waals surface area contributed by atoms with Gasteiger partial charge in [0.05, 0.1) is 5.69 Å². The molecule has 2 aromatic carbocycles. The van der Waals surface area contributed by atoms with E-state index in [2.05, 4.69) is 15.4 Å². The van der Waals surface area contributed by atoms with E-state index < -0.39 is 23.4 Å². The van der Waals surface area contributed by atoms with E-state index in [0.29, 0.717) is 34.7 Å². The van der Waals surface area contributed by atoms with E-state index >= 15 is 0 Å². The van der Waals surface area contributed by atoms with Crippen molar-refractivity contribution < 1.29 is 23.1 Å². The minimum Gasteiger partial charge on any atom is -0.380 e. The molecule has 0 bridgehead atoms. The number of halogens is 3. The summed E-state index contributed by atoms with van der Waals surface area (Å²) in [4.78, 5) is 17.5. The molecule has 2 aromatic heterocycles. The van der Waals surface area contributed by atoms with Gasteiger partial charge in [0.15, 0.2) is 5.69 Å². The number of alkyl halides is 3. The lowest BCUT2D eigenvalue weighted by Gasteiger charge is -2.29. The van der Waals surface area contributed by atoms with Crippen LogP contribution in [0.5, 0.6) is 0 Å². The number of hydrogen-bond donors (Lipinski definition) is 3. The number of nitrogens with zero attached hydrogens (tertiary/aromatic N) is 3. The minimum absolute atomic E-state index is 0.177. The molecule has 1 aliphatic carbocycles. The van der Waals surface area contributed by atoms with Crippen molar-refractivity contribution in [1.82, 2.24) is 14.8 Å². The van der Waals surface area contributed by atoms with Crippen LogP contribution in [0.25, 0.3) is 5.69 Å². The van der Waals surface area contributed by atoms with E-state index in [0.717, 1.165) is 30.0 Å². The van der Waals surface area contributed by atoms with Gasteiger partial charge in [-0.3, -0.25) is 9.78 Å². The van der Waals surface area contributed by atoms with E-state index in [1.807, 2.05) is 0 Å². The number of rotatable bonds is 9. The van der Waals surface area contributed by atoms with Gasteiger partial charge in [-0.15, -0.1) is 0 Å². The normalized spacial score (nSPS) is 15.1. The zero-order chi connectivity index (χ0) is 27.6. The third-order valence-corrected chi connectivity index (χ3v) is 6.97. The Kier molecular flexibility index (Phi) is 7.24. The number of aliphatic hydroxyl groups is 1. The Balaban J connectivity index is 1.48. The summed E-state index contributed by atoms with van der Waals surface area (Å²) < 4.78 is 41.6. The summed E-state index contributed by atoms with van der Waals surface area (Å²) in [6.07, 6.45) is 2.09. The fraction of sp³-hybridized carbons (Fsp3) is 0.276. The highest BCUT2D eigenvalue weighted by Gasteiger charge is 2.37. The summed E-state index contributed by atoms with van der Waals surface area (Å²) >= 11 is 0. The zero-order valence-electron chi connectivity index (χ0n) is 21.0. The number of carbonyl (C=O) groups excluding carboxylic acids is 1. The van der Waals surface area contributed by atoms with Crippen LogP contribution in [0.1, 0.15) is 58.6 Å². The number of nitrogens with one attached hydrogen (secondary N) is 1. The van der Waals surface area contributed by atoms with Gasteiger partial charge in [0, 0.05) is 36.3 Å². The summed E-state index contributed by atoms with van der Waals surface area (Å²) in [5.74, 6) is -0.201. The van der Waals surface area contributed by atoms with Gasteiger partial charge in [-0.1, -0.05) is 43.2 Å². The Hall–Kier alpha value is -4.02. The van der Waals surface area contributed by atoms with Gasteiger partial charge < -0.3 is 16.2 Å². The number of amides is 1. The highest BCUT2D eigenvalue weighted by atomic mass is 19.4. The third kappa shape index (κ3) is 5.86. The van der Waals surface area contributed by atoms with Crippen molar-refractivity contribution in [2.24, 2.45) is 11.7 Å². The van der Waals surface area contributed by atoms with Gasteiger partial charge in [-0.25, -0.2) is 4.68 Å². The van der Waals surface area contributed by atoms with Crippen LogP contribution in [0.15, 0.2) is 79.1 Å². The van der Waals surface area contributed by atoms with Crippen LogP contribution in [0.2, 0.25) is 0 Å². The molecule has 1 aliphatic rings. The van der Waals surface area contributed by atoms with E-state index in [-0.39, 0.29) is 17.9 Å². The van der Waals surface area contributed by atoms with Crippen molar-refractivity contribution in [3.63, 3.8) is 0 Å². The molecular weight excluding hydrogens is 507 g/mol. The largest absolute Gasteiger partial charge is 0.435 e. The van der Waals surface area contributed by atoms with Gasteiger partial charge in [-0.05, 0) is 60.2 Å². The Bertz CT molecular complexity index is 1470. The molecule has 5 rings (SSSR count). The Morgan fingerprint density at radius 2 is 1.82 bits per heavy atom. The lowest BCUT2D eigenvalue weighted by atomic mass is 9.82.